The summed E-state index contributed by atoms with van der Waals surface area (Å²) >= 11 is 0. The van der Waals surface area contributed by atoms with Crippen LogP contribution >= 0.6 is 0 Å². The Balaban J connectivity index is 2.15. The summed E-state index contributed by atoms with van der Waals surface area (Å²) in [5, 5.41) is 2.99. The van der Waals surface area contributed by atoms with E-state index >= 15 is 0 Å². The molecule has 21 heavy (non-hydrogen) atoms. The van der Waals surface area contributed by atoms with Gasteiger partial charge in [0.25, 0.3) is 0 Å². The van der Waals surface area contributed by atoms with E-state index in [-0.39, 0.29) is 11.9 Å². The van der Waals surface area contributed by atoms with E-state index in [0.717, 1.165) is 29.7 Å². The monoisotopic (exact) mass is 288 g/mol. The summed E-state index contributed by atoms with van der Waals surface area (Å²) in [6, 6.07) is 5.95. The van der Waals surface area contributed by atoms with Gasteiger partial charge in [0.05, 0.1) is 11.0 Å². The van der Waals surface area contributed by atoms with Gasteiger partial charge in [-0.15, -0.1) is 0 Å². The summed E-state index contributed by atoms with van der Waals surface area (Å²) < 4.78 is 2.12. The fourth-order valence-corrected chi connectivity index (χ4v) is 2.38. The summed E-state index contributed by atoms with van der Waals surface area (Å²) in [4.78, 5) is 16.5. The first-order valence-electron chi connectivity index (χ1n) is 7.59. The Morgan fingerprint density at radius 2 is 2.19 bits per heavy atom. The number of rotatable bonds is 6. The van der Waals surface area contributed by atoms with Gasteiger partial charge in [0.1, 0.15) is 5.82 Å². The molecule has 1 amide bonds. The van der Waals surface area contributed by atoms with Gasteiger partial charge in [-0.2, -0.15) is 0 Å². The lowest BCUT2D eigenvalue weighted by Gasteiger charge is -2.12. The van der Waals surface area contributed by atoms with Crippen molar-refractivity contribution in [3.05, 3.63) is 24.0 Å². The van der Waals surface area contributed by atoms with Crippen molar-refractivity contribution < 1.29 is 4.79 Å². The predicted molar refractivity (Wildman–Crippen MR) is 86.0 cm³/mol. The van der Waals surface area contributed by atoms with Crippen LogP contribution in [0, 0.1) is 0 Å². The molecule has 0 bridgehead atoms. The Bertz CT molecular complexity index is 632. The fourth-order valence-electron chi connectivity index (χ4n) is 2.38. The molecule has 2 aromatic rings. The summed E-state index contributed by atoms with van der Waals surface area (Å²) in [5.74, 6) is 1.08. The average molecular weight is 288 g/mol. The quantitative estimate of drug-likeness (QED) is 0.802. The SMILES string of the molecule is CCc1nc2cc(N)ccc2n1CCC(=O)NC(C)CC. The van der Waals surface area contributed by atoms with Crippen LogP contribution in [0.3, 0.4) is 0 Å². The molecule has 114 valence electrons. The third kappa shape index (κ3) is 3.54. The molecule has 5 nitrogen and oxygen atoms in total. The van der Waals surface area contributed by atoms with Gasteiger partial charge in [0, 0.05) is 31.1 Å². The molecule has 1 aromatic carbocycles. The smallest absolute Gasteiger partial charge is 0.221 e. The fraction of sp³-hybridized carbons (Fsp3) is 0.500. The number of hydrogen-bond donors (Lipinski definition) is 2. The lowest BCUT2D eigenvalue weighted by Crippen LogP contribution is -2.32. The van der Waals surface area contributed by atoms with Crippen molar-refractivity contribution in [1.29, 1.82) is 0 Å². The van der Waals surface area contributed by atoms with Crippen LogP contribution < -0.4 is 11.1 Å². The zero-order valence-electron chi connectivity index (χ0n) is 13.0. The molecule has 0 aliphatic carbocycles. The molecule has 1 unspecified atom stereocenters. The lowest BCUT2D eigenvalue weighted by atomic mass is 10.2. The number of aryl methyl sites for hydroxylation is 2. The number of nitrogens with two attached hydrogens (primary N) is 1. The second-order valence-electron chi connectivity index (χ2n) is 5.41. The highest BCUT2D eigenvalue weighted by Gasteiger charge is 2.12. The number of nitrogens with one attached hydrogen (secondary N) is 1. The number of amides is 1. The zero-order chi connectivity index (χ0) is 15.4. The molecule has 0 aliphatic heterocycles. The number of carbonyl (C=O) groups is 1. The Kier molecular flexibility index (Phi) is 4.83. The molecule has 0 fully saturated rings. The summed E-state index contributed by atoms with van der Waals surface area (Å²) in [7, 11) is 0. The summed E-state index contributed by atoms with van der Waals surface area (Å²) in [5.41, 5.74) is 8.45. The van der Waals surface area contributed by atoms with E-state index in [1.165, 1.54) is 0 Å². The molecule has 1 heterocycles. The van der Waals surface area contributed by atoms with Crippen LogP contribution in [0.5, 0.6) is 0 Å². The molecule has 0 saturated heterocycles. The van der Waals surface area contributed by atoms with Gasteiger partial charge in [0.2, 0.25) is 5.91 Å². The van der Waals surface area contributed by atoms with Gasteiger partial charge in [-0.05, 0) is 31.5 Å². The molecule has 0 radical (unpaired) electrons. The minimum atomic E-state index is 0.0868. The van der Waals surface area contributed by atoms with Gasteiger partial charge in [-0.25, -0.2) is 4.98 Å². The minimum absolute atomic E-state index is 0.0868. The molecular formula is C16H24N4O. The third-order valence-corrected chi connectivity index (χ3v) is 3.75. The van der Waals surface area contributed by atoms with Crippen LogP contribution in [-0.2, 0) is 17.8 Å². The van der Waals surface area contributed by atoms with Gasteiger partial charge >= 0.3 is 0 Å². The van der Waals surface area contributed by atoms with E-state index in [1.807, 2.05) is 25.1 Å². The lowest BCUT2D eigenvalue weighted by molar-refractivity contribution is -0.121. The highest BCUT2D eigenvalue weighted by molar-refractivity contribution is 5.80. The Morgan fingerprint density at radius 1 is 1.43 bits per heavy atom. The summed E-state index contributed by atoms with van der Waals surface area (Å²) in [6.07, 6.45) is 2.24. The number of anilines is 1. The van der Waals surface area contributed by atoms with Gasteiger partial charge < -0.3 is 15.6 Å². The molecule has 1 atom stereocenters. The van der Waals surface area contributed by atoms with E-state index < -0.39 is 0 Å². The van der Waals surface area contributed by atoms with E-state index in [2.05, 4.69) is 28.7 Å². The Hall–Kier alpha value is -2.04. The molecule has 3 N–H and O–H groups in total. The Labute approximate surface area is 125 Å². The van der Waals surface area contributed by atoms with E-state index in [0.29, 0.717) is 18.7 Å². The Morgan fingerprint density at radius 3 is 2.86 bits per heavy atom. The molecule has 0 saturated carbocycles. The second kappa shape index (κ2) is 6.61. The standard InChI is InChI=1S/C16H24N4O/c1-4-11(3)18-16(21)8-9-20-14-7-6-12(17)10-13(14)19-15(20)5-2/h6-7,10-11H,4-5,8-9,17H2,1-3H3,(H,18,21). The van der Waals surface area contributed by atoms with Crippen molar-refractivity contribution in [2.75, 3.05) is 5.73 Å². The molecular weight excluding hydrogens is 264 g/mol. The van der Waals surface area contributed by atoms with Crippen molar-refractivity contribution in [1.82, 2.24) is 14.9 Å². The van der Waals surface area contributed by atoms with Gasteiger partial charge in [0.15, 0.2) is 0 Å². The first-order chi connectivity index (χ1) is 10.0. The number of imidazole rings is 1. The minimum Gasteiger partial charge on any atom is -0.399 e. The number of nitrogens with zero attached hydrogens (tertiary/aromatic N) is 2. The van der Waals surface area contributed by atoms with E-state index in [1.54, 1.807) is 0 Å². The first kappa shape index (κ1) is 15.4. The molecule has 0 spiro atoms. The molecule has 2 rings (SSSR count). The number of benzene rings is 1. The van der Waals surface area contributed by atoms with Gasteiger partial charge in [-0.3, -0.25) is 4.79 Å². The largest absolute Gasteiger partial charge is 0.399 e. The van der Waals surface area contributed by atoms with Crippen LogP contribution in [0.2, 0.25) is 0 Å². The van der Waals surface area contributed by atoms with E-state index in [4.69, 9.17) is 5.73 Å². The maximum Gasteiger partial charge on any atom is 0.221 e. The van der Waals surface area contributed by atoms with Gasteiger partial charge in [-0.1, -0.05) is 13.8 Å². The number of nitrogen functional groups attached to an aromatic ring is 1. The van der Waals surface area contributed by atoms with Crippen LogP contribution in [-0.4, -0.2) is 21.5 Å². The van der Waals surface area contributed by atoms with Crippen LogP contribution in [0.25, 0.3) is 11.0 Å². The van der Waals surface area contributed by atoms with Crippen molar-refractivity contribution in [3.63, 3.8) is 0 Å². The summed E-state index contributed by atoms with van der Waals surface area (Å²) in [6.45, 7) is 6.80. The van der Waals surface area contributed by atoms with Crippen LogP contribution in [0.15, 0.2) is 18.2 Å². The molecule has 1 aromatic heterocycles. The number of carbonyl (C=O) groups excluding carboxylic acids is 1. The highest BCUT2D eigenvalue weighted by atomic mass is 16.1. The zero-order valence-corrected chi connectivity index (χ0v) is 13.0. The first-order valence-corrected chi connectivity index (χ1v) is 7.59. The average Bonchev–Trinajstić information content (AvgIpc) is 2.81. The van der Waals surface area contributed by atoms with E-state index in [9.17, 15) is 4.79 Å². The molecule has 5 heteroatoms. The topological polar surface area (TPSA) is 72.9 Å². The molecule has 0 aliphatic rings. The van der Waals surface area contributed by atoms with Crippen LogP contribution in [0.1, 0.15) is 39.4 Å². The number of fused-ring (bicyclic) bond motifs is 1. The van der Waals surface area contributed by atoms with Crippen molar-refractivity contribution >= 4 is 22.6 Å². The normalized spacial score (nSPS) is 12.5. The number of aromatic nitrogens is 2. The number of hydrogen-bond acceptors (Lipinski definition) is 3. The van der Waals surface area contributed by atoms with Crippen molar-refractivity contribution in [2.45, 2.75) is 52.6 Å². The maximum atomic E-state index is 11.9. The predicted octanol–water partition coefficient (Wildman–Crippen LogP) is 2.49. The highest BCUT2D eigenvalue weighted by Crippen LogP contribution is 2.19. The van der Waals surface area contributed by atoms with Crippen LogP contribution in [0.4, 0.5) is 5.69 Å². The van der Waals surface area contributed by atoms with Crippen molar-refractivity contribution in [3.8, 4) is 0 Å². The second-order valence-corrected chi connectivity index (χ2v) is 5.41. The maximum absolute atomic E-state index is 11.9. The third-order valence-electron chi connectivity index (χ3n) is 3.75. The van der Waals surface area contributed by atoms with Crippen molar-refractivity contribution in [2.24, 2.45) is 0 Å².